The van der Waals surface area contributed by atoms with E-state index in [1.807, 2.05) is 0 Å². The van der Waals surface area contributed by atoms with Crippen molar-refractivity contribution in [3.8, 4) is 5.75 Å². The van der Waals surface area contributed by atoms with E-state index < -0.39 is 5.82 Å². The Morgan fingerprint density at radius 1 is 1.47 bits per heavy atom. The fraction of sp³-hybridized carbons (Fsp3) is 0.455. The highest BCUT2D eigenvalue weighted by atomic mass is 19.1. The van der Waals surface area contributed by atoms with E-state index in [9.17, 15) is 9.50 Å². The maximum Gasteiger partial charge on any atom is 0.127 e. The molecule has 0 aliphatic carbocycles. The molecule has 0 radical (unpaired) electrons. The van der Waals surface area contributed by atoms with Gasteiger partial charge < -0.3 is 15.2 Å². The molecule has 1 saturated heterocycles. The fourth-order valence-electron chi connectivity index (χ4n) is 1.69. The van der Waals surface area contributed by atoms with Gasteiger partial charge in [-0.25, -0.2) is 4.39 Å². The highest BCUT2D eigenvalue weighted by Gasteiger charge is 2.14. The van der Waals surface area contributed by atoms with E-state index in [0.717, 1.165) is 24.7 Å². The van der Waals surface area contributed by atoms with Gasteiger partial charge in [-0.05, 0) is 24.1 Å². The minimum atomic E-state index is -0.408. The minimum Gasteiger partial charge on any atom is -0.508 e. The van der Waals surface area contributed by atoms with Gasteiger partial charge >= 0.3 is 0 Å². The molecule has 2 rings (SSSR count). The summed E-state index contributed by atoms with van der Waals surface area (Å²) in [5, 5.41) is 12.4. The highest BCUT2D eigenvalue weighted by Crippen LogP contribution is 2.15. The number of halogens is 1. The summed E-state index contributed by atoms with van der Waals surface area (Å²) in [7, 11) is 0. The van der Waals surface area contributed by atoms with E-state index in [1.165, 1.54) is 6.07 Å². The van der Waals surface area contributed by atoms with Crippen LogP contribution in [0.3, 0.4) is 0 Å². The molecule has 1 heterocycles. The molecule has 0 amide bonds. The number of hydrogen-bond acceptors (Lipinski definition) is 3. The summed E-state index contributed by atoms with van der Waals surface area (Å²) in [5.74, 6) is -0.441. The normalized spacial score (nSPS) is 20.7. The van der Waals surface area contributed by atoms with Gasteiger partial charge in [-0.15, -0.1) is 0 Å². The number of benzene rings is 1. The molecule has 3 nitrogen and oxygen atoms in total. The van der Waals surface area contributed by atoms with Gasteiger partial charge in [0.25, 0.3) is 0 Å². The Morgan fingerprint density at radius 3 is 3.00 bits per heavy atom. The maximum absolute atomic E-state index is 12.9. The van der Waals surface area contributed by atoms with Crippen LogP contribution in [0.4, 0.5) is 4.39 Å². The highest BCUT2D eigenvalue weighted by molar-refractivity contribution is 5.28. The molecule has 1 aliphatic rings. The molecule has 15 heavy (non-hydrogen) atoms. The lowest BCUT2D eigenvalue weighted by molar-refractivity contribution is 0.190. The predicted molar refractivity (Wildman–Crippen MR) is 54.1 cm³/mol. The van der Waals surface area contributed by atoms with Crippen molar-refractivity contribution in [2.24, 2.45) is 0 Å². The van der Waals surface area contributed by atoms with Crippen LogP contribution in [0.2, 0.25) is 0 Å². The number of rotatable bonds is 3. The molecular formula is C11H14FNO2. The summed E-state index contributed by atoms with van der Waals surface area (Å²) in [6.45, 7) is 2.05. The van der Waals surface area contributed by atoms with E-state index in [0.29, 0.717) is 19.2 Å². The van der Waals surface area contributed by atoms with Crippen LogP contribution in [0.5, 0.6) is 5.75 Å². The summed E-state index contributed by atoms with van der Waals surface area (Å²) in [4.78, 5) is 0. The van der Waals surface area contributed by atoms with Gasteiger partial charge in [0.1, 0.15) is 11.6 Å². The molecule has 0 aromatic heterocycles. The zero-order valence-corrected chi connectivity index (χ0v) is 8.37. The van der Waals surface area contributed by atoms with Gasteiger partial charge in [-0.3, -0.25) is 0 Å². The number of aromatic hydroxyl groups is 1. The Bertz CT molecular complexity index is 317. The van der Waals surface area contributed by atoms with Crippen LogP contribution in [0, 0.1) is 5.82 Å². The van der Waals surface area contributed by atoms with Gasteiger partial charge in [0.15, 0.2) is 0 Å². The lowest BCUT2D eigenvalue weighted by atomic mass is 10.2. The first-order valence-corrected chi connectivity index (χ1v) is 5.03. The van der Waals surface area contributed by atoms with Crippen molar-refractivity contribution in [1.82, 2.24) is 5.32 Å². The van der Waals surface area contributed by atoms with Gasteiger partial charge in [0.05, 0.1) is 6.61 Å². The molecule has 1 atom stereocenters. The Balaban J connectivity index is 1.92. The smallest absolute Gasteiger partial charge is 0.127 e. The predicted octanol–water partition coefficient (Wildman–Crippen LogP) is 1.41. The molecule has 0 saturated carbocycles. The Labute approximate surface area is 87.9 Å². The van der Waals surface area contributed by atoms with Crippen molar-refractivity contribution >= 4 is 0 Å². The second-order valence-electron chi connectivity index (χ2n) is 3.76. The van der Waals surface area contributed by atoms with Crippen molar-refractivity contribution in [3.63, 3.8) is 0 Å². The molecule has 4 heteroatoms. The fourth-order valence-corrected chi connectivity index (χ4v) is 1.69. The molecule has 82 valence electrons. The molecule has 1 aromatic carbocycles. The SMILES string of the molecule is Oc1cc(F)cc(CNC2CCOC2)c1. The number of phenols is 1. The van der Waals surface area contributed by atoms with Crippen LogP contribution < -0.4 is 5.32 Å². The van der Waals surface area contributed by atoms with Crippen molar-refractivity contribution in [1.29, 1.82) is 0 Å². The quantitative estimate of drug-likeness (QED) is 0.794. The second kappa shape index (κ2) is 4.59. The Kier molecular flexibility index (Phi) is 3.18. The van der Waals surface area contributed by atoms with Crippen LogP contribution in [-0.4, -0.2) is 24.4 Å². The van der Waals surface area contributed by atoms with Crippen LogP contribution in [0.15, 0.2) is 18.2 Å². The molecular weight excluding hydrogens is 197 g/mol. The van der Waals surface area contributed by atoms with E-state index in [2.05, 4.69) is 5.32 Å². The van der Waals surface area contributed by atoms with E-state index in [-0.39, 0.29) is 5.75 Å². The third-order valence-corrected chi connectivity index (χ3v) is 2.47. The van der Waals surface area contributed by atoms with E-state index >= 15 is 0 Å². The standard InChI is InChI=1S/C11H14FNO2/c12-9-3-8(4-11(14)5-9)6-13-10-1-2-15-7-10/h3-5,10,13-14H,1-2,6-7H2. The van der Waals surface area contributed by atoms with Crippen molar-refractivity contribution in [2.75, 3.05) is 13.2 Å². The van der Waals surface area contributed by atoms with Crippen LogP contribution in [-0.2, 0) is 11.3 Å². The summed E-state index contributed by atoms with van der Waals surface area (Å²) in [5.41, 5.74) is 0.749. The van der Waals surface area contributed by atoms with Gasteiger partial charge in [-0.1, -0.05) is 0 Å². The maximum atomic E-state index is 12.9. The Morgan fingerprint density at radius 2 is 2.33 bits per heavy atom. The number of nitrogens with one attached hydrogen (secondary N) is 1. The van der Waals surface area contributed by atoms with Crippen LogP contribution in [0.1, 0.15) is 12.0 Å². The zero-order chi connectivity index (χ0) is 10.7. The number of phenolic OH excluding ortho intramolecular Hbond substituents is 1. The van der Waals surface area contributed by atoms with Gasteiger partial charge in [0, 0.05) is 25.3 Å². The summed E-state index contributed by atoms with van der Waals surface area (Å²) in [6.07, 6.45) is 0.987. The molecule has 1 fully saturated rings. The lowest BCUT2D eigenvalue weighted by Crippen LogP contribution is -2.28. The third-order valence-electron chi connectivity index (χ3n) is 2.47. The van der Waals surface area contributed by atoms with Gasteiger partial charge in [0.2, 0.25) is 0 Å². The molecule has 1 aliphatic heterocycles. The summed E-state index contributed by atoms with van der Waals surface area (Å²) >= 11 is 0. The Hall–Kier alpha value is -1.13. The molecule has 0 spiro atoms. The molecule has 2 N–H and O–H groups in total. The third kappa shape index (κ3) is 2.91. The zero-order valence-electron chi connectivity index (χ0n) is 8.37. The summed E-state index contributed by atoms with van der Waals surface area (Å²) in [6, 6.07) is 4.42. The first kappa shape index (κ1) is 10.4. The molecule has 1 unspecified atom stereocenters. The summed E-state index contributed by atoms with van der Waals surface area (Å²) < 4.78 is 18.1. The molecule has 0 bridgehead atoms. The van der Waals surface area contributed by atoms with E-state index in [4.69, 9.17) is 4.74 Å². The van der Waals surface area contributed by atoms with Crippen molar-refractivity contribution in [3.05, 3.63) is 29.6 Å². The minimum absolute atomic E-state index is 0.0329. The monoisotopic (exact) mass is 211 g/mol. The largest absolute Gasteiger partial charge is 0.508 e. The lowest BCUT2D eigenvalue weighted by Gasteiger charge is -2.10. The first-order valence-electron chi connectivity index (χ1n) is 5.03. The van der Waals surface area contributed by atoms with Crippen molar-refractivity contribution < 1.29 is 14.2 Å². The van der Waals surface area contributed by atoms with Crippen LogP contribution in [0.25, 0.3) is 0 Å². The first-order chi connectivity index (χ1) is 7.24. The van der Waals surface area contributed by atoms with Crippen molar-refractivity contribution in [2.45, 2.75) is 19.0 Å². The van der Waals surface area contributed by atoms with Gasteiger partial charge in [-0.2, -0.15) is 0 Å². The number of hydrogen-bond donors (Lipinski definition) is 2. The average molecular weight is 211 g/mol. The topological polar surface area (TPSA) is 41.5 Å². The second-order valence-corrected chi connectivity index (χ2v) is 3.76. The number of ether oxygens (including phenoxy) is 1. The average Bonchev–Trinajstić information content (AvgIpc) is 2.65. The van der Waals surface area contributed by atoms with Crippen LogP contribution >= 0.6 is 0 Å². The molecule has 1 aromatic rings. The van der Waals surface area contributed by atoms with E-state index in [1.54, 1.807) is 6.07 Å².